The van der Waals surface area contributed by atoms with Gasteiger partial charge in [-0.1, -0.05) is 29.3 Å². The second-order valence-electron chi connectivity index (χ2n) is 3.65. The molecule has 3 heteroatoms. The molecule has 15 heavy (non-hydrogen) atoms. The van der Waals surface area contributed by atoms with E-state index in [-0.39, 0.29) is 0 Å². The maximum Gasteiger partial charge on any atom is 0.0707 e. The van der Waals surface area contributed by atoms with E-state index in [0.29, 0.717) is 6.10 Å². The van der Waals surface area contributed by atoms with Crippen LogP contribution in [0, 0.1) is 6.92 Å². The molecule has 1 aromatic carbocycles. The molecule has 1 heterocycles. The monoisotopic (exact) mass is 227 g/mol. The van der Waals surface area contributed by atoms with E-state index in [4.69, 9.17) is 16.3 Å². The Morgan fingerprint density at radius 2 is 2.00 bits per heavy atom. The molecule has 0 spiro atoms. The Morgan fingerprint density at radius 3 is 2.33 bits per heavy atom. The first-order valence-corrected chi connectivity index (χ1v) is 5.56. The first-order chi connectivity index (χ1) is 7.22. The van der Waals surface area contributed by atoms with Crippen LogP contribution in [0.1, 0.15) is 12.0 Å². The largest absolute Gasteiger partial charge is 0.380 e. The lowest BCUT2D eigenvalue weighted by Crippen LogP contribution is -2.14. The van der Waals surface area contributed by atoms with E-state index in [1.54, 1.807) is 7.11 Å². The Bertz CT molecular complexity index is 246. The molecule has 1 fully saturated rings. The summed E-state index contributed by atoms with van der Waals surface area (Å²) in [5, 5.41) is 4.00. The first-order valence-electron chi connectivity index (χ1n) is 5.18. The number of rotatable bonds is 1. The van der Waals surface area contributed by atoms with E-state index in [1.165, 1.54) is 12.0 Å². The lowest BCUT2D eigenvalue weighted by Gasteiger charge is -2.01. The third kappa shape index (κ3) is 5.17. The minimum absolute atomic E-state index is 0.486. The minimum Gasteiger partial charge on any atom is -0.380 e. The van der Waals surface area contributed by atoms with Gasteiger partial charge in [0.05, 0.1) is 6.10 Å². The highest BCUT2D eigenvalue weighted by Crippen LogP contribution is 2.07. The number of aryl methyl sites for hydroxylation is 1. The van der Waals surface area contributed by atoms with Gasteiger partial charge < -0.3 is 10.1 Å². The maximum atomic E-state index is 5.61. The van der Waals surface area contributed by atoms with Crippen LogP contribution in [0.4, 0.5) is 0 Å². The van der Waals surface area contributed by atoms with E-state index in [0.717, 1.165) is 18.1 Å². The fourth-order valence-electron chi connectivity index (χ4n) is 1.36. The zero-order valence-corrected chi connectivity index (χ0v) is 10.1. The van der Waals surface area contributed by atoms with Crippen molar-refractivity contribution in [3.63, 3.8) is 0 Å². The highest BCUT2D eigenvalue weighted by Gasteiger charge is 2.11. The van der Waals surface area contributed by atoms with Crippen molar-refractivity contribution >= 4 is 11.6 Å². The van der Waals surface area contributed by atoms with Crippen molar-refractivity contribution in [3.05, 3.63) is 34.9 Å². The Kier molecular flexibility index (Phi) is 5.69. The molecule has 1 unspecified atom stereocenters. The van der Waals surface area contributed by atoms with Gasteiger partial charge in [-0.25, -0.2) is 0 Å². The van der Waals surface area contributed by atoms with Crippen LogP contribution in [0.15, 0.2) is 24.3 Å². The molecular formula is C12H18ClNO. The van der Waals surface area contributed by atoms with Gasteiger partial charge in [0.15, 0.2) is 0 Å². The SMILES string of the molecule is COC1CCNC1.Cc1ccc(Cl)cc1. The Labute approximate surface area is 96.6 Å². The zero-order chi connectivity index (χ0) is 11.1. The van der Waals surface area contributed by atoms with E-state index in [2.05, 4.69) is 5.32 Å². The van der Waals surface area contributed by atoms with Crippen LogP contribution in [0.5, 0.6) is 0 Å². The second-order valence-corrected chi connectivity index (χ2v) is 4.08. The summed E-state index contributed by atoms with van der Waals surface area (Å²) in [6.45, 7) is 4.20. The van der Waals surface area contributed by atoms with Gasteiger partial charge in [-0.15, -0.1) is 0 Å². The van der Waals surface area contributed by atoms with Crippen LogP contribution >= 0.6 is 11.6 Å². The van der Waals surface area contributed by atoms with Crippen LogP contribution in [-0.2, 0) is 4.74 Å². The van der Waals surface area contributed by atoms with Crippen molar-refractivity contribution in [2.45, 2.75) is 19.4 Å². The molecule has 1 aliphatic heterocycles. The van der Waals surface area contributed by atoms with Crippen LogP contribution in [-0.4, -0.2) is 26.3 Å². The molecule has 0 saturated carbocycles. The standard InChI is InChI=1S/C7H7Cl.C5H11NO/c1-6-2-4-7(8)5-3-6;1-7-5-2-3-6-4-5/h2-5H,1H3;5-6H,2-4H2,1H3. The molecule has 1 saturated heterocycles. The quantitative estimate of drug-likeness (QED) is 0.797. The maximum absolute atomic E-state index is 5.61. The molecule has 1 aromatic rings. The number of benzene rings is 1. The van der Waals surface area contributed by atoms with Gasteiger partial charge in [-0.3, -0.25) is 0 Å². The topological polar surface area (TPSA) is 21.3 Å². The lowest BCUT2D eigenvalue weighted by molar-refractivity contribution is 0.119. The van der Waals surface area contributed by atoms with Gasteiger partial charge in [0.2, 0.25) is 0 Å². The summed E-state index contributed by atoms with van der Waals surface area (Å²) in [4.78, 5) is 0. The summed E-state index contributed by atoms with van der Waals surface area (Å²) in [5.41, 5.74) is 1.24. The molecule has 2 nitrogen and oxygen atoms in total. The van der Waals surface area contributed by atoms with Crippen molar-refractivity contribution in [1.82, 2.24) is 5.32 Å². The molecule has 0 aliphatic carbocycles. The van der Waals surface area contributed by atoms with Crippen molar-refractivity contribution in [2.75, 3.05) is 20.2 Å². The number of ether oxygens (including phenoxy) is 1. The van der Waals surface area contributed by atoms with E-state index < -0.39 is 0 Å². The molecule has 84 valence electrons. The number of hydrogen-bond donors (Lipinski definition) is 1. The third-order valence-corrected chi connectivity index (χ3v) is 2.61. The van der Waals surface area contributed by atoms with Gasteiger partial charge in [-0.2, -0.15) is 0 Å². The molecular weight excluding hydrogens is 210 g/mol. The fraction of sp³-hybridized carbons (Fsp3) is 0.500. The molecule has 1 atom stereocenters. The zero-order valence-electron chi connectivity index (χ0n) is 9.29. The van der Waals surface area contributed by atoms with Crippen molar-refractivity contribution in [3.8, 4) is 0 Å². The average Bonchev–Trinajstić information content (AvgIpc) is 2.76. The number of halogens is 1. The molecule has 0 amide bonds. The van der Waals surface area contributed by atoms with E-state index in [1.807, 2.05) is 31.2 Å². The van der Waals surface area contributed by atoms with E-state index >= 15 is 0 Å². The van der Waals surface area contributed by atoms with Crippen molar-refractivity contribution in [1.29, 1.82) is 0 Å². The van der Waals surface area contributed by atoms with Crippen LogP contribution in [0.3, 0.4) is 0 Å². The minimum atomic E-state index is 0.486. The molecule has 2 rings (SSSR count). The highest BCUT2D eigenvalue weighted by molar-refractivity contribution is 6.30. The summed E-state index contributed by atoms with van der Waals surface area (Å²) in [5.74, 6) is 0. The lowest BCUT2D eigenvalue weighted by atomic mass is 10.2. The summed E-state index contributed by atoms with van der Waals surface area (Å²) in [6.07, 6.45) is 1.66. The highest BCUT2D eigenvalue weighted by atomic mass is 35.5. The Hall–Kier alpha value is -0.570. The summed E-state index contributed by atoms with van der Waals surface area (Å²) < 4.78 is 5.05. The van der Waals surface area contributed by atoms with Gasteiger partial charge in [0.25, 0.3) is 0 Å². The van der Waals surface area contributed by atoms with Crippen LogP contribution in [0.25, 0.3) is 0 Å². The number of methoxy groups -OCH3 is 1. The normalized spacial score (nSPS) is 19.5. The Balaban J connectivity index is 0.000000151. The number of hydrogen-bond acceptors (Lipinski definition) is 2. The Morgan fingerprint density at radius 1 is 1.33 bits per heavy atom. The van der Waals surface area contributed by atoms with Gasteiger partial charge in [0.1, 0.15) is 0 Å². The smallest absolute Gasteiger partial charge is 0.0707 e. The van der Waals surface area contributed by atoms with Crippen LogP contribution in [0.2, 0.25) is 5.02 Å². The van der Waals surface area contributed by atoms with Gasteiger partial charge in [0, 0.05) is 18.7 Å². The number of nitrogens with one attached hydrogen (secondary N) is 1. The third-order valence-electron chi connectivity index (χ3n) is 2.36. The molecule has 0 aromatic heterocycles. The van der Waals surface area contributed by atoms with Gasteiger partial charge >= 0.3 is 0 Å². The van der Waals surface area contributed by atoms with Crippen molar-refractivity contribution < 1.29 is 4.74 Å². The molecule has 1 aliphatic rings. The van der Waals surface area contributed by atoms with Crippen LogP contribution < -0.4 is 5.32 Å². The van der Waals surface area contributed by atoms with E-state index in [9.17, 15) is 0 Å². The fourth-order valence-corrected chi connectivity index (χ4v) is 1.49. The second kappa shape index (κ2) is 6.83. The molecule has 0 bridgehead atoms. The average molecular weight is 228 g/mol. The molecule has 0 radical (unpaired) electrons. The molecule has 1 N–H and O–H groups in total. The summed E-state index contributed by atoms with van der Waals surface area (Å²) in [6, 6.07) is 7.75. The summed E-state index contributed by atoms with van der Waals surface area (Å²) in [7, 11) is 1.76. The predicted molar refractivity (Wildman–Crippen MR) is 64.5 cm³/mol. The van der Waals surface area contributed by atoms with Crippen molar-refractivity contribution in [2.24, 2.45) is 0 Å². The van der Waals surface area contributed by atoms with Gasteiger partial charge in [-0.05, 0) is 32.0 Å². The summed E-state index contributed by atoms with van der Waals surface area (Å²) >= 11 is 5.61. The first kappa shape index (κ1) is 12.5. The predicted octanol–water partition coefficient (Wildman–Crippen LogP) is 2.64.